The second-order valence-corrected chi connectivity index (χ2v) is 10.0. The monoisotopic (exact) mass is 559 g/mol. The van der Waals surface area contributed by atoms with Crippen molar-refractivity contribution in [1.29, 1.82) is 0 Å². The third kappa shape index (κ3) is 5.19. The summed E-state index contributed by atoms with van der Waals surface area (Å²) in [6, 6.07) is 13.0. The summed E-state index contributed by atoms with van der Waals surface area (Å²) >= 11 is 3.43. The first-order valence-corrected chi connectivity index (χ1v) is 12.5. The highest BCUT2D eigenvalue weighted by Gasteiger charge is 2.30. The van der Waals surface area contributed by atoms with Crippen molar-refractivity contribution in [3.05, 3.63) is 86.6 Å². The number of aromatic amines is 2. The van der Waals surface area contributed by atoms with Crippen LogP contribution in [0.4, 0.5) is 13.2 Å². The number of aryl methyl sites for hydroxylation is 1. The van der Waals surface area contributed by atoms with Gasteiger partial charge >= 0.3 is 11.9 Å². The highest BCUT2D eigenvalue weighted by Crippen LogP contribution is 2.31. The molecule has 36 heavy (non-hydrogen) atoms. The molecule has 10 heteroatoms. The normalized spacial score (nSPS) is 15.5. The van der Waals surface area contributed by atoms with Crippen LogP contribution in [-0.4, -0.2) is 37.5 Å². The summed E-state index contributed by atoms with van der Waals surface area (Å²) in [6.07, 6.45) is -0.777. The molecule has 1 aliphatic heterocycles. The molecule has 0 bridgehead atoms. The van der Waals surface area contributed by atoms with Crippen molar-refractivity contribution in [3.8, 4) is 22.6 Å². The molecule has 0 amide bonds. The second-order valence-electron chi connectivity index (χ2n) is 9.13. The first kappa shape index (κ1) is 24.6. The lowest BCUT2D eigenvalue weighted by Crippen LogP contribution is -2.36. The molecule has 3 heterocycles. The average molecular weight is 560 g/mol. The molecule has 2 N–H and O–H groups in total. The molecule has 6 nitrogen and oxygen atoms in total. The van der Waals surface area contributed by atoms with Crippen molar-refractivity contribution in [1.82, 2.24) is 24.4 Å². The van der Waals surface area contributed by atoms with Gasteiger partial charge in [0.1, 0.15) is 5.82 Å². The lowest BCUT2D eigenvalue weighted by molar-refractivity contribution is -0.137. The van der Waals surface area contributed by atoms with Gasteiger partial charge in [0, 0.05) is 47.6 Å². The molecule has 2 aromatic heterocycles. The van der Waals surface area contributed by atoms with Crippen molar-refractivity contribution in [2.45, 2.75) is 38.5 Å². The number of nitrogens with one attached hydrogen (secondary N) is 2. The van der Waals surface area contributed by atoms with E-state index in [-0.39, 0.29) is 11.7 Å². The number of alkyl halides is 3. The highest BCUT2D eigenvalue weighted by molar-refractivity contribution is 9.10. The maximum absolute atomic E-state index is 12.8. The average Bonchev–Trinajstić information content (AvgIpc) is 3.42. The number of piperidine rings is 1. The maximum Gasteiger partial charge on any atom is 0.416 e. The van der Waals surface area contributed by atoms with Gasteiger partial charge in [-0.05, 0) is 49.6 Å². The number of rotatable bonds is 5. The summed E-state index contributed by atoms with van der Waals surface area (Å²) in [5, 5.41) is 0. The van der Waals surface area contributed by atoms with Gasteiger partial charge in [-0.25, -0.2) is 9.78 Å². The number of hydrogen-bond donors (Lipinski definition) is 2. The van der Waals surface area contributed by atoms with Crippen LogP contribution in [0, 0.1) is 6.92 Å². The van der Waals surface area contributed by atoms with Gasteiger partial charge in [-0.15, -0.1) is 0 Å². The van der Waals surface area contributed by atoms with Gasteiger partial charge in [-0.3, -0.25) is 9.47 Å². The van der Waals surface area contributed by atoms with Gasteiger partial charge in [-0.1, -0.05) is 40.2 Å². The Labute approximate surface area is 214 Å². The summed E-state index contributed by atoms with van der Waals surface area (Å²) < 4.78 is 41.3. The number of hydrogen-bond acceptors (Lipinski definition) is 3. The number of imidazole rings is 2. The summed E-state index contributed by atoms with van der Waals surface area (Å²) in [5.74, 6) is 0.561. The van der Waals surface area contributed by atoms with Crippen LogP contribution in [0.25, 0.3) is 22.6 Å². The standard InChI is InChI=1S/C26H25BrF3N5O/c1-16-22(32-24(31-16)18-2-6-19(7-3-18)26(28,29)30)14-34-12-10-21(11-13-34)35-15-23(33-25(35)36)17-4-8-20(27)9-5-17/h2-9,15,21H,10-14H2,1H3,(H,31,32)(H,33,36). The quantitative estimate of drug-likeness (QED) is 0.307. The number of nitrogens with zero attached hydrogens (tertiary/aromatic N) is 3. The molecular formula is C26H25BrF3N5O. The lowest BCUT2D eigenvalue weighted by atomic mass is 10.0. The number of aromatic nitrogens is 4. The molecule has 0 aliphatic carbocycles. The van der Waals surface area contributed by atoms with E-state index < -0.39 is 11.7 Å². The Morgan fingerprint density at radius 2 is 1.64 bits per heavy atom. The Morgan fingerprint density at radius 3 is 2.28 bits per heavy atom. The fraction of sp³-hybridized carbons (Fsp3) is 0.308. The van der Waals surface area contributed by atoms with E-state index in [2.05, 4.69) is 35.8 Å². The minimum Gasteiger partial charge on any atom is -0.342 e. The van der Waals surface area contributed by atoms with Gasteiger partial charge in [-0.2, -0.15) is 13.2 Å². The molecule has 0 unspecified atom stereocenters. The summed E-state index contributed by atoms with van der Waals surface area (Å²) in [6.45, 7) is 4.20. The Bertz CT molecular complexity index is 1400. The van der Waals surface area contributed by atoms with Gasteiger partial charge in [0.25, 0.3) is 0 Å². The molecule has 5 rings (SSSR count). The molecule has 4 aromatic rings. The molecule has 1 fully saturated rings. The zero-order chi connectivity index (χ0) is 25.4. The Balaban J connectivity index is 1.22. The molecular weight excluding hydrogens is 535 g/mol. The Morgan fingerprint density at radius 1 is 1.00 bits per heavy atom. The fourth-order valence-corrected chi connectivity index (χ4v) is 4.89. The van der Waals surface area contributed by atoms with Crippen LogP contribution in [0.3, 0.4) is 0 Å². The van der Waals surface area contributed by atoms with Crippen LogP contribution >= 0.6 is 15.9 Å². The molecule has 0 spiro atoms. The number of benzene rings is 2. The van der Waals surface area contributed by atoms with Gasteiger partial charge in [0.2, 0.25) is 0 Å². The van der Waals surface area contributed by atoms with Gasteiger partial charge in [0.15, 0.2) is 0 Å². The largest absolute Gasteiger partial charge is 0.416 e. The van der Waals surface area contributed by atoms with E-state index in [0.717, 1.165) is 65.2 Å². The summed E-state index contributed by atoms with van der Waals surface area (Å²) in [7, 11) is 0. The Hall–Kier alpha value is -3.11. The van der Waals surface area contributed by atoms with Crippen LogP contribution in [-0.2, 0) is 12.7 Å². The van der Waals surface area contributed by atoms with Crippen molar-refractivity contribution in [3.63, 3.8) is 0 Å². The molecule has 188 valence electrons. The summed E-state index contributed by atoms with van der Waals surface area (Å²) in [5.41, 5.74) is 3.37. The Kier molecular flexibility index (Phi) is 6.65. The molecule has 0 saturated carbocycles. The third-order valence-electron chi connectivity index (χ3n) is 6.69. The molecule has 1 saturated heterocycles. The van der Waals surface area contributed by atoms with E-state index in [4.69, 9.17) is 0 Å². The van der Waals surface area contributed by atoms with Crippen molar-refractivity contribution < 1.29 is 13.2 Å². The van der Waals surface area contributed by atoms with Gasteiger partial charge in [0.05, 0.1) is 17.0 Å². The van der Waals surface area contributed by atoms with E-state index in [1.807, 2.05) is 37.4 Å². The second kappa shape index (κ2) is 9.74. The van der Waals surface area contributed by atoms with E-state index in [9.17, 15) is 18.0 Å². The zero-order valence-electron chi connectivity index (χ0n) is 19.6. The lowest BCUT2D eigenvalue weighted by Gasteiger charge is -2.31. The van der Waals surface area contributed by atoms with E-state index >= 15 is 0 Å². The minimum absolute atomic E-state index is 0.101. The van der Waals surface area contributed by atoms with Crippen molar-refractivity contribution in [2.24, 2.45) is 0 Å². The topological polar surface area (TPSA) is 69.7 Å². The summed E-state index contributed by atoms with van der Waals surface area (Å²) in [4.78, 5) is 25.7. The van der Waals surface area contributed by atoms with Crippen LogP contribution in [0.2, 0.25) is 0 Å². The maximum atomic E-state index is 12.8. The number of H-pyrrole nitrogens is 2. The molecule has 0 atom stereocenters. The first-order chi connectivity index (χ1) is 17.2. The smallest absolute Gasteiger partial charge is 0.342 e. The van der Waals surface area contributed by atoms with Crippen molar-refractivity contribution >= 4 is 15.9 Å². The fourth-order valence-electron chi connectivity index (χ4n) is 4.63. The predicted molar refractivity (Wildman–Crippen MR) is 135 cm³/mol. The predicted octanol–water partition coefficient (Wildman–Crippen LogP) is 6.16. The van der Waals surface area contributed by atoms with Crippen LogP contribution in [0.15, 0.2) is 64.0 Å². The number of likely N-dealkylation sites (tertiary alicyclic amines) is 1. The molecule has 0 radical (unpaired) electrons. The van der Waals surface area contributed by atoms with E-state index in [0.29, 0.717) is 17.9 Å². The highest BCUT2D eigenvalue weighted by atomic mass is 79.9. The van der Waals surface area contributed by atoms with Crippen molar-refractivity contribution in [2.75, 3.05) is 13.1 Å². The van der Waals surface area contributed by atoms with Crippen LogP contribution < -0.4 is 5.69 Å². The SMILES string of the molecule is Cc1[nH]c(-c2ccc(C(F)(F)F)cc2)nc1CN1CCC(n2cc(-c3ccc(Br)cc3)[nH]c2=O)CC1. The molecule has 2 aromatic carbocycles. The minimum atomic E-state index is -4.36. The van der Waals surface area contributed by atoms with E-state index in [1.165, 1.54) is 12.1 Å². The van der Waals surface area contributed by atoms with Crippen LogP contribution in [0.1, 0.15) is 35.8 Å². The zero-order valence-corrected chi connectivity index (χ0v) is 21.2. The first-order valence-electron chi connectivity index (χ1n) is 11.7. The third-order valence-corrected chi connectivity index (χ3v) is 7.22. The van der Waals surface area contributed by atoms with Gasteiger partial charge < -0.3 is 9.97 Å². The number of halogens is 4. The molecule has 1 aliphatic rings. The van der Waals surface area contributed by atoms with Crippen LogP contribution in [0.5, 0.6) is 0 Å². The van der Waals surface area contributed by atoms with E-state index in [1.54, 1.807) is 4.57 Å².